The molecule has 0 spiro atoms. The lowest BCUT2D eigenvalue weighted by atomic mass is 10.5. The highest BCUT2D eigenvalue weighted by molar-refractivity contribution is 7.89. The third-order valence-corrected chi connectivity index (χ3v) is 4.71. The SMILES string of the molecule is CCCN(C1CC1)S(=O)(=O)c1ccnc(N)c1. The van der Waals surface area contributed by atoms with Crippen molar-refractivity contribution in [3.05, 3.63) is 18.3 Å². The number of anilines is 1. The molecule has 1 saturated carbocycles. The molecular weight excluding hydrogens is 238 g/mol. The Morgan fingerprint density at radius 1 is 1.53 bits per heavy atom. The normalized spacial score (nSPS) is 16.4. The fraction of sp³-hybridized carbons (Fsp3) is 0.545. The van der Waals surface area contributed by atoms with E-state index in [9.17, 15) is 8.42 Å². The Morgan fingerprint density at radius 2 is 2.24 bits per heavy atom. The molecule has 94 valence electrons. The zero-order valence-corrected chi connectivity index (χ0v) is 10.7. The van der Waals surface area contributed by atoms with Crippen molar-refractivity contribution in [1.29, 1.82) is 0 Å². The summed E-state index contributed by atoms with van der Waals surface area (Å²) in [5, 5.41) is 0. The highest BCUT2D eigenvalue weighted by Crippen LogP contribution is 2.32. The predicted molar refractivity (Wildman–Crippen MR) is 65.9 cm³/mol. The summed E-state index contributed by atoms with van der Waals surface area (Å²) in [6.07, 6.45) is 4.16. The van der Waals surface area contributed by atoms with Gasteiger partial charge in [-0.3, -0.25) is 0 Å². The van der Waals surface area contributed by atoms with E-state index in [1.807, 2.05) is 6.92 Å². The van der Waals surface area contributed by atoms with Crippen LogP contribution < -0.4 is 5.73 Å². The van der Waals surface area contributed by atoms with Gasteiger partial charge in [0.1, 0.15) is 5.82 Å². The smallest absolute Gasteiger partial charge is 0.243 e. The van der Waals surface area contributed by atoms with Crippen LogP contribution in [0.25, 0.3) is 0 Å². The van der Waals surface area contributed by atoms with Crippen LogP contribution >= 0.6 is 0 Å². The van der Waals surface area contributed by atoms with Crippen molar-refractivity contribution in [2.75, 3.05) is 12.3 Å². The van der Waals surface area contributed by atoms with Gasteiger partial charge in [0.2, 0.25) is 10.0 Å². The molecule has 0 aliphatic heterocycles. The number of hydrogen-bond acceptors (Lipinski definition) is 4. The molecule has 2 rings (SSSR count). The van der Waals surface area contributed by atoms with Gasteiger partial charge in [-0.2, -0.15) is 4.31 Å². The lowest BCUT2D eigenvalue weighted by Gasteiger charge is -2.21. The quantitative estimate of drug-likeness (QED) is 0.858. The fourth-order valence-corrected chi connectivity index (χ4v) is 3.61. The van der Waals surface area contributed by atoms with E-state index < -0.39 is 10.0 Å². The van der Waals surface area contributed by atoms with Crippen molar-refractivity contribution >= 4 is 15.8 Å². The summed E-state index contributed by atoms with van der Waals surface area (Å²) in [5.41, 5.74) is 5.53. The Hall–Kier alpha value is -1.14. The molecule has 6 heteroatoms. The first kappa shape index (κ1) is 12.3. The van der Waals surface area contributed by atoms with Gasteiger partial charge in [-0.05, 0) is 25.3 Å². The summed E-state index contributed by atoms with van der Waals surface area (Å²) < 4.78 is 26.4. The molecule has 2 N–H and O–H groups in total. The summed E-state index contributed by atoms with van der Waals surface area (Å²) in [7, 11) is -3.41. The second-order valence-corrected chi connectivity index (χ2v) is 6.15. The lowest BCUT2D eigenvalue weighted by Crippen LogP contribution is -2.33. The summed E-state index contributed by atoms with van der Waals surface area (Å²) in [5.74, 6) is 0.235. The van der Waals surface area contributed by atoms with Gasteiger partial charge in [0.15, 0.2) is 0 Å². The number of sulfonamides is 1. The predicted octanol–water partition coefficient (Wildman–Crippen LogP) is 1.23. The molecule has 5 nitrogen and oxygen atoms in total. The highest BCUT2D eigenvalue weighted by atomic mass is 32.2. The molecular formula is C11H17N3O2S. The monoisotopic (exact) mass is 255 g/mol. The molecule has 1 aromatic heterocycles. The van der Waals surface area contributed by atoms with E-state index in [2.05, 4.69) is 4.98 Å². The Labute approximate surface area is 102 Å². The molecule has 0 amide bonds. The Kier molecular flexibility index (Phi) is 3.35. The Balaban J connectivity index is 2.33. The molecule has 0 radical (unpaired) electrons. The van der Waals surface area contributed by atoms with Gasteiger partial charge < -0.3 is 5.73 Å². The van der Waals surface area contributed by atoms with Crippen molar-refractivity contribution in [3.8, 4) is 0 Å². The first-order chi connectivity index (χ1) is 8.05. The van der Waals surface area contributed by atoms with E-state index in [0.29, 0.717) is 6.54 Å². The number of hydrogen-bond donors (Lipinski definition) is 1. The van der Waals surface area contributed by atoms with Crippen molar-refractivity contribution < 1.29 is 8.42 Å². The first-order valence-corrected chi connectivity index (χ1v) is 7.23. The summed E-state index contributed by atoms with van der Waals surface area (Å²) in [4.78, 5) is 4.06. The maximum atomic E-state index is 12.4. The Morgan fingerprint density at radius 3 is 2.76 bits per heavy atom. The molecule has 0 unspecified atom stereocenters. The molecule has 1 aliphatic rings. The van der Waals surface area contributed by atoms with Crippen molar-refractivity contribution in [2.24, 2.45) is 0 Å². The minimum Gasteiger partial charge on any atom is -0.384 e. The van der Waals surface area contributed by atoms with E-state index in [1.54, 1.807) is 4.31 Å². The molecule has 1 aliphatic carbocycles. The molecule has 1 aromatic rings. The maximum absolute atomic E-state index is 12.4. The number of rotatable bonds is 5. The Bertz CT molecular complexity index is 497. The molecule has 0 atom stereocenters. The highest BCUT2D eigenvalue weighted by Gasteiger charge is 2.37. The van der Waals surface area contributed by atoms with E-state index >= 15 is 0 Å². The van der Waals surface area contributed by atoms with Gasteiger partial charge in [-0.15, -0.1) is 0 Å². The number of aromatic nitrogens is 1. The van der Waals surface area contributed by atoms with Gasteiger partial charge >= 0.3 is 0 Å². The molecule has 0 bridgehead atoms. The first-order valence-electron chi connectivity index (χ1n) is 5.79. The van der Waals surface area contributed by atoms with Gasteiger partial charge in [0, 0.05) is 24.8 Å². The molecule has 1 heterocycles. The second-order valence-electron chi connectivity index (χ2n) is 4.26. The number of nitrogens with two attached hydrogens (primary N) is 1. The zero-order chi connectivity index (χ0) is 12.5. The third-order valence-electron chi connectivity index (χ3n) is 2.76. The molecule has 0 aromatic carbocycles. The molecule has 1 fully saturated rings. The van der Waals surface area contributed by atoms with Crippen LogP contribution in [0.4, 0.5) is 5.82 Å². The average molecular weight is 255 g/mol. The van der Waals surface area contributed by atoms with Gasteiger partial charge in [-0.25, -0.2) is 13.4 Å². The van der Waals surface area contributed by atoms with Crippen LogP contribution in [0.3, 0.4) is 0 Å². The number of nitrogen functional groups attached to an aromatic ring is 1. The number of pyridine rings is 1. The van der Waals surface area contributed by atoms with Crippen LogP contribution in [0.2, 0.25) is 0 Å². The lowest BCUT2D eigenvalue weighted by molar-refractivity contribution is 0.403. The third kappa shape index (κ3) is 2.58. The summed E-state index contributed by atoms with van der Waals surface area (Å²) in [6, 6.07) is 3.09. The van der Waals surface area contributed by atoms with Crippen molar-refractivity contribution in [2.45, 2.75) is 37.1 Å². The zero-order valence-electron chi connectivity index (χ0n) is 9.83. The second kappa shape index (κ2) is 4.62. The average Bonchev–Trinajstić information content (AvgIpc) is 3.09. The standard InChI is InChI=1S/C11H17N3O2S/c1-2-7-14(9-3-4-9)17(15,16)10-5-6-13-11(12)8-10/h5-6,8-9H,2-4,7H2,1H3,(H2,12,13). The molecule has 0 saturated heterocycles. The van der Waals surface area contributed by atoms with Gasteiger partial charge in [0.05, 0.1) is 4.90 Å². The molecule has 17 heavy (non-hydrogen) atoms. The van der Waals surface area contributed by atoms with E-state index in [1.165, 1.54) is 18.3 Å². The van der Waals surface area contributed by atoms with E-state index in [4.69, 9.17) is 5.73 Å². The largest absolute Gasteiger partial charge is 0.384 e. The van der Waals surface area contributed by atoms with Gasteiger partial charge in [-0.1, -0.05) is 6.92 Å². The summed E-state index contributed by atoms with van der Waals surface area (Å²) in [6.45, 7) is 2.54. The van der Waals surface area contributed by atoms with Crippen LogP contribution in [-0.2, 0) is 10.0 Å². The minimum absolute atomic E-state index is 0.175. The number of nitrogens with zero attached hydrogens (tertiary/aromatic N) is 2. The fourth-order valence-electron chi connectivity index (χ4n) is 1.81. The summed E-state index contributed by atoms with van der Waals surface area (Å²) >= 11 is 0. The van der Waals surface area contributed by atoms with Crippen LogP contribution in [0, 0.1) is 0 Å². The topological polar surface area (TPSA) is 76.3 Å². The van der Waals surface area contributed by atoms with Gasteiger partial charge in [0.25, 0.3) is 0 Å². The van der Waals surface area contributed by atoms with E-state index in [0.717, 1.165) is 19.3 Å². The maximum Gasteiger partial charge on any atom is 0.243 e. The van der Waals surface area contributed by atoms with Crippen LogP contribution in [-0.4, -0.2) is 30.3 Å². The van der Waals surface area contributed by atoms with Crippen LogP contribution in [0.15, 0.2) is 23.2 Å². The van der Waals surface area contributed by atoms with Crippen molar-refractivity contribution in [1.82, 2.24) is 9.29 Å². The van der Waals surface area contributed by atoms with E-state index in [-0.39, 0.29) is 16.8 Å². The van der Waals surface area contributed by atoms with Crippen LogP contribution in [0.5, 0.6) is 0 Å². The van der Waals surface area contributed by atoms with Crippen LogP contribution in [0.1, 0.15) is 26.2 Å². The van der Waals surface area contributed by atoms with Crippen molar-refractivity contribution in [3.63, 3.8) is 0 Å². The minimum atomic E-state index is -3.41.